The van der Waals surface area contributed by atoms with Gasteiger partial charge >= 0.3 is 0 Å². The first-order valence-corrected chi connectivity index (χ1v) is 17.5. The summed E-state index contributed by atoms with van der Waals surface area (Å²) in [5.74, 6) is 0.962. The molecule has 2 N–H and O–H groups in total. The zero-order chi connectivity index (χ0) is 30.7. The summed E-state index contributed by atoms with van der Waals surface area (Å²) in [6, 6.07) is 28.0. The molecular weight excluding hydrogens is 599 g/mol. The van der Waals surface area contributed by atoms with Gasteiger partial charge in [-0.3, -0.25) is 0 Å². The first-order valence-electron chi connectivity index (χ1n) is 15.3. The number of fused-ring (bicyclic) bond motifs is 5. The molecule has 3 aromatic heterocycles. The summed E-state index contributed by atoms with van der Waals surface area (Å²) in [5.41, 5.74) is 7.23. The van der Waals surface area contributed by atoms with E-state index >= 15 is 0 Å². The highest BCUT2D eigenvalue weighted by atomic mass is 32.2. The smallest absolute Gasteiger partial charge is 0.268 e. The third kappa shape index (κ3) is 4.71. The van der Waals surface area contributed by atoms with E-state index in [0.29, 0.717) is 11.9 Å². The van der Waals surface area contributed by atoms with Gasteiger partial charge < -0.3 is 15.0 Å². The zero-order valence-electron chi connectivity index (χ0n) is 25.1. The van der Waals surface area contributed by atoms with Gasteiger partial charge in [0.15, 0.2) is 0 Å². The quantitative estimate of drug-likeness (QED) is 0.192. The van der Waals surface area contributed by atoms with Gasteiger partial charge in [-0.05, 0) is 90.4 Å². The number of aromatic amines is 1. The van der Waals surface area contributed by atoms with Gasteiger partial charge in [0, 0.05) is 62.8 Å². The van der Waals surface area contributed by atoms with E-state index in [1.165, 1.54) is 30.1 Å². The number of aromatic nitrogens is 2. The van der Waals surface area contributed by atoms with Crippen LogP contribution < -0.4 is 10.1 Å². The van der Waals surface area contributed by atoms with E-state index in [1.54, 1.807) is 30.6 Å². The third-order valence-corrected chi connectivity index (χ3v) is 11.9. The minimum Gasteiger partial charge on any atom is -0.497 e. The van der Waals surface area contributed by atoms with E-state index < -0.39 is 10.0 Å². The van der Waals surface area contributed by atoms with Crippen molar-refractivity contribution in [3.8, 4) is 5.75 Å². The van der Waals surface area contributed by atoms with E-state index in [9.17, 15) is 8.42 Å². The SMILES string of the molecule is COc1ccc2[nH]cc(C3CCCNc4c3ccc3c4c(Cc4cc5ccccc5s4)cn3S(=O)(=O)c3ccc(C)cc3)c2c1. The summed E-state index contributed by atoms with van der Waals surface area (Å²) < 4.78 is 36.7. The standard InChI is InChI=1S/C37H33N3O3S2/c1-23-9-12-28(13-10-23)45(41,42)40-22-25(19-27-18-24-6-3-4-8-35(24)44-27)36-34(40)16-14-30-29(7-5-17-38-37(30)36)32-21-39-33-15-11-26(43-2)20-31(32)33/h3-4,6,8-16,18,20-22,29,38-39H,5,7,17,19H2,1-2H3. The normalized spacial score (nSPS) is 15.3. The van der Waals surface area contributed by atoms with Crippen molar-refractivity contribution in [1.82, 2.24) is 8.96 Å². The van der Waals surface area contributed by atoms with Crippen LogP contribution in [0.3, 0.4) is 0 Å². The molecular formula is C37H33N3O3S2. The summed E-state index contributed by atoms with van der Waals surface area (Å²) in [4.78, 5) is 4.96. The van der Waals surface area contributed by atoms with Crippen LogP contribution in [0.25, 0.3) is 31.9 Å². The summed E-state index contributed by atoms with van der Waals surface area (Å²) in [6.07, 6.45) is 6.58. The number of hydrogen-bond acceptors (Lipinski definition) is 5. The number of benzene rings is 4. The fraction of sp³-hybridized carbons (Fsp3) is 0.189. The Morgan fingerprint density at radius 1 is 0.978 bits per heavy atom. The second-order valence-corrected chi connectivity index (χ2v) is 14.9. The molecule has 1 aliphatic rings. The number of H-pyrrole nitrogens is 1. The molecule has 8 rings (SSSR count). The number of aryl methyl sites for hydroxylation is 1. The van der Waals surface area contributed by atoms with Gasteiger partial charge in [0.25, 0.3) is 10.0 Å². The highest BCUT2D eigenvalue weighted by Gasteiger charge is 2.29. The molecule has 4 aromatic carbocycles. The first kappa shape index (κ1) is 28.0. The van der Waals surface area contributed by atoms with Crippen molar-refractivity contribution < 1.29 is 13.2 Å². The molecule has 8 heteroatoms. The molecule has 0 aliphatic carbocycles. The van der Waals surface area contributed by atoms with Gasteiger partial charge in [-0.15, -0.1) is 11.3 Å². The molecule has 6 nitrogen and oxygen atoms in total. The minimum absolute atomic E-state index is 0.134. The second kappa shape index (κ2) is 10.8. The van der Waals surface area contributed by atoms with E-state index in [0.717, 1.165) is 58.2 Å². The lowest BCUT2D eigenvalue weighted by Gasteiger charge is -2.19. The molecule has 0 radical (unpaired) electrons. The number of methoxy groups -OCH3 is 1. The van der Waals surface area contributed by atoms with Crippen LogP contribution in [0.15, 0.2) is 102 Å². The molecule has 0 saturated carbocycles. The molecule has 0 saturated heterocycles. The predicted molar refractivity (Wildman–Crippen MR) is 185 cm³/mol. The Balaban J connectivity index is 1.35. The van der Waals surface area contributed by atoms with Crippen LogP contribution in [0, 0.1) is 6.92 Å². The molecule has 226 valence electrons. The van der Waals surface area contributed by atoms with E-state index in [1.807, 2.05) is 37.4 Å². The van der Waals surface area contributed by atoms with Gasteiger partial charge in [-0.25, -0.2) is 12.4 Å². The van der Waals surface area contributed by atoms with Crippen molar-refractivity contribution in [3.05, 3.63) is 124 Å². The summed E-state index contributed by atoms with van der Waals surface area (Å²) in [6.45, 7) is 2.78. The number of ether oxygens (including phenoxy) is 1. The highest BCUT2D eigenvalue weighted by Crippen LogP contribution is 2.45. The van der Waals surface area contributed by atoms with Crippen molar-refractivity contribution in [2.45, 2.75) is 37.0 Å². The van der Waals surface area contributed by atoms with Crippen LogP contribution in [-0.2, 0) is 16.4 Å². The highest BCUT2D eigenvalue weighted by molar-refractivity contribution is 7.90. The number of nitrogens with zero attached hydrogens (tertiary/aromatic N) is 1. The topological polar surface area (TPSA) is 76.1 Å². The van der Waals surface area contributed by atoms with Crippen molar-refractivity contribution in [2.24, 2.45) is 0 Å². The molecule has 1 aliphatic heterocycles. The van der Waals surface area contributed by atoms with Crippen molar-refractivity contribution in [2.75, 3.05) is 19.0 Å². The summed E-state index contributed by atoms with van der Waals surface area (Å²) in [5, 5.41) is 7.09. The van der Waals surface area contributed by atoms with Crippen LogP contribution in [0.1, 0.15) is 45.9 Å². The van der Waals surface area contributed by atoms with Crippen LogP contribution >= 0.6 is 11.3 Å². The lowest BCUT2D eigenvalue weighted by Crippen LogP contribution is -2.12. The van der Waals surface area contributed by atoms with Crippen molar-refractivity contribution in [1.29, 1.82) is 0 Å². The zero-order valence-corrected chi connectivity index (χ0v) is 26.8. The monoisotopic (exact) mass is 631 g/mol. The molecule has 45 heavy (non-hydrogen) atoms. The molecule has 4 heterocycles. The maximum absolute atomic E-state index is 14.2. The van der Waals surface area contributed by atoms with Crippen LogP contribution in [0.2, 0.25) is 0 Å². The Labute approximate surface area is 266 Å². The van der Waals surface area contributed by atoms with E-state index in [-0.39, 0.29) is 10.8 Å². The van der Waals surface area contributed by atoms with E-state index in [4.69, 9.17) is 4.74 Å². The molecule has 1 unspecified atom stereocenters. The van der Waals surface area contributed by atoms with Crippen LogP contribution in [0.4, 0.5) is 5.69 Å². The summed E-state index contributed by atoms with van der Waals surface area (Å²) in [7, 11) is -2.14. The fourth-order valence-corrected chi connectivity index (χ4v) is 9.35. The van der Waals surface area contributed by atoms with Gasteiger partial charge in [0.05, 0.1) is 17.5 Å². The average Bonchev–Trinajstić information content (AvgIpc) is 3.72. The Bertz CT molecular complexity index is 2300. The molecule has 0 fully saturated rings. The Morgan fingerprint density at radius 3 is 2.64 bits per heavy atom. The Hall–Kier alpha value is -4.53. The minimum atomic E-state index is -3.83. The molecule has 7 aromatic rings. The van der Waals surface area contributed by atoms with Gasteiger partial charge in [-0.1, -0.05) is 42.0 Å². The Morgan fingerprint density at radius 2 is 1.82 bits per heavy atom. The van der Waals surface area contributed by atoms with Gasteiger partial charge in [0.2, 0.25) is 0 Å². The predicted octanol–water partition coefficient (Wildman–Crippen LogP) is 8.82. The number of nitrogens with one attached hydrogen (secondary N) is 2. The molecule has 0 bridgehead atoms. The van der Waals surface area contributed by atoms with Crippen molar-refractivity contribution >= 4 is 58.9 Å². The number of hydrogen-bond donors (Lipinski definition) is 2. The molecule has 1 atom stereocenters. The molecule has 0 amide bonds. The van der Waals surface area contributed by atoms with Gasteiger partial charge in [0.1, 0.15) is 5.75 Å². The third-order valence-electron chi connectivity index (χ3n) is 9.11. The number of rotatable bonds is 6. The van der Waals surface area contributed by atoms with Crippen LogP contribution in [0.5, 0.6) is 5.75 Å². The number of anilines is 1. The first-order chi connectivity index (χ1) is 21.9. The second-order valence-electron chi connectivity index (χ2n) is 11.9. The lowest BCUT2D eigenvalue weighted by atomic mass is 9.86. The Kier molecular flexibility index (Phi) is 6.73. The van der Waals surface area contributed by atoms with E-state index in [2.05, 4.69) is 65.0 Å². The van der Waals surface area contributed by atoms with Crippen molar-refractivity contribution in [3.63, 3.8) is 0 Å². The maximum Gasteiger partial charge on any atom is 0.268 e. The average molecular weight is 632 g/mol. The lowest BCUT2D eigenvalue weighted by molar-refractivity contribution is 0.415. The maximum atomic E-state index is 14.2. The van der Waals surface area contributed by atoms with Crippen LogP contribution in [-0.4, -0.2) is 31.0 Å². The largest absolute Gasteiger partial charge is 0.497 e. The summed E-state index contributed by atoms with van der Waals surface area (Å²) >= 11 is 1.77. The van der Waals surface area contributed by atoms with Gasteiger partial charge in [-0.2, -0.15) is 0 Å². The molecule has 0 spiro atoms. The number of thiophene rings is 1. The fourth-order valence-electron chi connectivity index (χ4n) is 6.88.